The fourth-order valence-electron chi connectivity index (χ4n) is 1.91. The molecule has 0 aliphatic heterocycles. The van der Waals surface area contributed by atoms with Crippen molar-refractivity contribution in [3.05, 3.63) is 47.8 Å². The first-order chi connectivity index (χ1) is 11.2. The van der Waals surface area contributed by atoms with Gasteiger partial charge in [0, 0.05) is 29.6 Å². The third-order valence-electron chi connectivity index (χ3n) is 3.03. The molecule has 1 amide bonds. The van der Waals surface area contributed by atoms with Gasteiger partial charge in [-0.15, -0.1) is 0 Å². The highest BCUT2D eigenvalue weighted by Crippen LogP contribution is 2.34. The Balaban J connectivity index is 2.20. The topological polar surface area (TPSA) is 82.0 Å². The summed E-state index contributed by atoms with van der Waals surface area (Å²) in [6.45, 7) is 0. The Kier molecular flexibility index (Phi) is 5.51. The highest BCUT2D eigenvalue weighted by atomic mass is 16.5. The minimum atomic E-state index is -0.336. The molecule has 7 heteroatoms. The molecule has 2 rings (SSSR count). The van der Waals surface area contributed by atoms with Crippen molar-refractivity contribution in [2.24, 2.45) is 5.10 Å². The van der Waals surface area contributed by atoms with Crippen LogP contribution in [0.25, 0.3) is 0 Å². The predicted molar refractivity (Wildman–Crippen MR) is 85.4 cm³/mol. The number of amides is 1. The molecule has 0 saturated heterocycles. The van der Waals surface area contributed by atoms with Gasteiger partial charge in [0.1, 0.15) is 5.75 Å². The molecule has 0 spiro atoms. The lowest BCUT2D eigenvalue weighted by Crippen LogP contribution is -2.17. The number of ether oxygens (including phenoxy) is 3. The van der Waals surface area contributed by atoms with Crippen molar-refractivity contribution in [1.82, 2.24) is 10.4 Å². The summed E-state index contributed by atoms with van der Waals surface area (Å²) in [5.74, 6) is 1.26. The number of methoxy groups -OCH3 is 3. The van der Waals surface area contributed by atoms with E-state index >= 15 is 0 Å². The minimum Gasteiger partial charge on any atom is -0.497 e. The van der Waals surface area contributed by atoms with E-state index in [0.29, 0.717) is 28.4 Å². The lowest BCUT2D eigenvalue weighted by molar-refractivity contribution is 0.0955. The number of pyridine rings is 1. The van der Waals surface area contributed by atoms with E-state index in [0.717, 1.165) is 0 Å². The summed E-state index contributed by atoms with van der Waals surface area (Å²) >= 11 is 0. The van der Waals surface area contributed by atoms with Gasteiger partial charge < -0.3 is 14.2 Å². The molecular formula is C16H17N3O4. The Bertz CT molecular complexity index is 702. The van der Waals surface area contributed by atoms with Gasteiger partial charge in [0.25, 0.3) is 5.91 Å². The zero-order valence-corrected chi connectivity index (χ0v) is 13.1. The molecule has 0 unspecified atom stereocenters. The normalized spacial score (nSPS) is 10.4. The quantitative estimate of drug-likeness (QED) is 0.650. The SMILES string of the molecule is COc1cc(/C=N/NC(=O)c2ccncc2)c(OC)c(OC)c1. The molecule has 0 saturated carbocycles. The fourth-order valence-corrected chi connectivity index (χ4v) is 1.91. The van der Waals surface area contributed by atoms with E-state index in [4.69, 9.17) is 14.2 Å². The molecule has 0 fully saturated rings. The predicted octanol–water partition coefficient (Wildman–Crippen LogP) is 1.87. The van der Waals surface area contributed by atoms with Gasteiger partial charge in [0.2, 0.25) is 0 Å². The molecule has 0 aliphatic carbocycles. The number of nitrogens with one attached hydrogen (secondary N) is 1. The van der Waals surface area contributed by atoms with E-state index in [-0.39, 0.29) is 5.91 Å². The molecule has 0 atom stereocenters. The number of aromatic nitrogens is 1. The summed E-state index contributed by atoms with van der Waals surface area (Å²) in [6.07, 6.45) is 4.53. The van der Waals surface area contributed by atoms with Crippen molar-refractivity contribution in [2.75, 3.05) is 21.3 Å². The molecule has 1 aromatic carbocycles. The van der Waals surface area contributed by atoms with Crippen molar-refractivity contribution in [2.45, 2.75) is 0 Å². The third-order valence-corrected chi connectivity index (χ3v) is 3.03. The second kappa shape index (κ2) is 7.79. The van der Waals surface area contributed by atoms with Crippen LogP contribution in [-0.2, 0) is 0 Å². The van der Waals surface area contributed by atoms with Gasteiger partial charge in [-0.2, -0.15) is 5.10 Å². The zero-order valence-electron chi connectivity index (χ0n) is 13.1. The lowest BCUT2D eigenvalue weighted by Gasteiger charge is -2.12. The molecule has 1 aromatic heterocycles. The first-order valence-corrected chi connectivity index (χ1v) is 6.73. The van der Waals surface area contributed by atoms with Crippen LogP contribution < -0.4 is 19.6 Å². The van der Waals surface area contributed by atoms with Crippen LogP contribution in [0, 0.1) is 0 Å². The van der Waals surface area contributed by atoms with E-state index in [1.54, 1.807) is 31.4 Å². The number of carbonyl (C=O) groups is 1. The van der Waals surface area contributed by atoms with E-state index in [1.807, 2.05) is 0 Å². The number of rotatable bonds is 6. The zero-order chi connectivity index (χ0) is 16.7. The third kappa shape index (κ3) is 3.97. The van der Waals surface area contributed by atoms with Gasteiger partial charge in [-0.3, -0.25) is 9.78 Å². The van der Waals surface area contributed by atoms with Crippen molar-refractivity contribution in [3.63, 3.8) is 0 Å². The maximum absolute atomic E-state index is 11.9. The Morgan fingerprint density at radius 2 is 1.87 bits per heavy atom. The highest BCUT2D eigenvalue weighted by molar-refractivity contribution is 5.95. The Hall–Kier alpha value is -3.09. The van der Waals surface area contributed by atoms with Gasteiger partial charge in [-0.25, -0.2) is 5.43 Å². The summed E-state index contributed by atoms with van der Waals surface area (Å²) in [4.78, 5) is 15.8. The van der Waals surface area contributed by atoms with Crippen molar-refractivity contribution in [3.8, 4) is 17.2 Å². The van der Waals surface area contributed by atoms with Gasteiger partial charge in [0.15, 0.2) is 11.5 Å². The minimum absolute atomic E-state index is 0.336. The summed E-state index contributed by atoms with van der Waals surface area (Å²) < 4.78 is 15.8. The molecule has 0 aliphatic rings. The van der Waals surface area contributed by atoms with E-state index in [2.05, 4.69) is 15.5 Å². The maximum Gasteiger partial charge on any atom is 0.271 e. The number of benzene rings is 1. The fraction of sp³-hybridized carbons (Fsp3) is 0.188. The van der Waals surface area contributed by atoms with Gasteiger partial charge in [-0.05, 0) is 18.2 Å². The van der Waals surface area contributed by atoms with Crippen LogP contribution in [0.4, 0.5) is 0 Å². The largest absolute Gasteiger partial charge is 0.497 e. The molecular weight excluding hydrogens is 298 g/mol. The maximum atomic E-state index is 11.9. The first kappa shape index (κ1) is 16.3. The van der Waals surface area contributed by atoms with Crippen LogP contribution in [0.1, 0.15) is 15.9 Å². The number of hydrazone groups is 1. The van der Waals surface area contributed by atoms with Crippen LogP contribution in [-0.4, -0.2) is 38.4 Å². The molecule has 1 heterocycles. The molecule has 0 radical (unpaired) electrons. The van der Waals surface area contributed by atoms with E-state index in [1.165, 1.54) is 32.8 Å². The first-order valence-electron chi connectivity index (χ1n) is 6.73. The molecule has 23 heavy (non-hydrogen) atoms. The summed E-state index contributed by atoms with van der Waals surface area (Å²) in [6, 6.07) is 6.62. The monoisotopic (exact) mass is 315 g/mol. The molecule has 1 N–H and O–H groups in total. The number of carbonyl (C=O) groups excluding carboxylic acids is 1. The van der Waals surface area contributed by atoms with Crippen LogP contribution in [0.3, 0.4) is 0 Å². The Morgan fingerprint density at radius 3 is 2.48 bits per heavy atom. The Labute approximate surface area is 133 Å². The molecule has 7 nitrogen and oxygen atoms in total. The van der Waals surface area contributed by atoms with Gasteiger partial charge in [0.05, 0.1) is 27.5 Å². The molecule has 0 bridgehead atoms. The Morgan fingerprint density at radius 1 is 1.13 bits per heavy atom. The van der Waals surface area contributed by atoms with Crippen molar-refractivity contribution < 1.29 is 19.0 Å². The summed E-state index contributed by atoms with van der Waals surface area (Å²) in [5, 5.41) is 3.94. The van der Waals surface area contributed by atoms with Crippen molar-refractivity contribution >= 4 is 12.1 Å². The van der Waals surface area contributed by atoms with Gasteiger partial charge >= 0.3 is 0 Å². The van der Waals surface area contributed by atoms with Gasteiger partial charge in [-0.1, -0.05) is 0 Å². The van der Waals surface area contributed by atoms with Crippen LogP contribution in [0.15, 0.2) is 41.8 Å². The summed E-state index contributed by atoms with van der Waals surface area (Å²) in [5.41, 5.74) is 3.51. The van der Waals surface area contributed by atoms with Crippen LogP contribution in [0.5, 0.6) is 17.2 Å². The molecule has 2 aromatic rings. The standard InChI is InChI=1S/C16H17N3O4/c1-21-13-8-12(15(23-3)14(9-13)22-2)10-18-19-16(20)11-4-6-17-7-5-11/h4-10H,1-3H3,(H,19,20)/b18-10+. The van der Waals surface area contributed by atoms with E-state index in [9.17, 15) is 4.79 Å². The molecule has 120 valence electrons. The smallest absolute Gasteiger partial charge is 0.271 e. The van der Waals surface area contributed by atoms with E-state index < -0.39 is 0 Å². The number of hydrogen-bond donors (Lipinski definition) is 1. The second-order valence-corrected chi connectivity index (χ2v) is 4.39. The van der Waals surface area contributed by atoms with Crippen LogP contribution >= 0.6 is 0 Å². The van der Waals surface area contributed by atoms with Crippen molar-refractivity contribution in [1.29, 1.82) is 0 Å². The second-order valence-electron chi connectivity index (χ2n) is 4.39. The summed E-state index contributed by atoms with van der Waals surface area (Å²) in [7, 11) is 4.61. The average Bonchev–Trinajstić information content (AvgIpc) is 2.61. The number of nitrogens with zero attached hydrogens (tertiary/aromatic N) is 2. The average molecular weight is 315 g/mol. The highest BCUT2D eigenvalue weighted by Gasteiger charge is 2.12. The number of hydrogen-bond acceptors (Lipinski definition) is 6. The van der Waals surface area contributed by atoms with Crippen LogP contribution in [0.2, 0.25) is 0 Å². The lowest BCUT2D eigenvalue weighted by atomic mass is 10.2.